The van der Waals surface area contributed by atoms with Crippen molar-refractivity contribution in [2.45, 2.75) is 19.6 Å². The van der Waals surface area contributed by atoms with E-state index in [2.05, 4.69) is 0 Å². The lowest BCUT2D eigenvalue weighted by Crippen LogP contribution is -2.05. The Balaban J connectivity index is 1.93. The molecule has 0 saturated carbocycles. The van der Waals surface area contributed by atoms with E-state index in [1.54, 1.807) is 0 Å². The molecule has 154 valence electrons. The first-order chi connectivity index (χ1) is 14.0. The number of sulfone groups is 2. The van der Waals surface area contributed by atoms with Crippen LogP contribution in [0.5, 0.6) is 0 Å². The lowest BCUT2D eigenvalue weighted by atomic mass is 10.3. The molecular formula is C18H12N2O8S2. The normalized spacial score (nSPS) is 11.7. The smallest absolute Gasteiger partial charge is 0.258 e. The standard InChI is InChI=1S/C18H12N2O8S2/c21-19(22)13-1-5-15(6-2-13)29(25,26)17-9-11-18(12-10-17)30(27,28)16-7-3-14(4-8-16)20(23)24/h1-12H. The van der Waals surface area contributed by atoms with Gasteiger partial charge in [0, 0.05) is 24.3 Å². The van der Waals surface area contributed by atoms with E-state index in [0.717, 1.165) is 72.8 Å². The predicted octanol–water partition coefficient (Wildman–Crippen LogP) is 3.17. The predicted molar refractivity (Wildman–Crippen MR) is 104 cm³/mol. The van der Waals surface area contributed by atoms with E-state index >= 15 is 0 Å². The monoisotopic (exact) mass is 448 g/mol. The summed E-state index contributed by atoms with van der Waals surface area (Å²) in [6.07, 6.45) is 0. The van der Waals surface area contributed by atoms with Gasteiger partial charge in [-0.05, 0) is 48.5 Å². The highest BCUT2D eigenvalue weighted by Gasteiger charge is 2.22. The molecule has 0 aromatic heterocycles. The van der Waals surface area contributed by atoms with Crippen molar-refractivity contribution in [1.82, 2.24) is 0 Å². The third kappa shape index (κ3) is 3.90. The van der Waals surface area contributed by atoms with Gasteiger partial charge in [0.2, 0.25) is 19.7 Å². The molecule has 0 fully saturated rings. The van der Waals surface area contributed by atoms with E-state index in [1.807, 2.05) is 0 Å². The van der Waals surface area contributed by atoms with Crippen LogP contribution in [0, 0.1) is 20.2 Å². The van der Waals surface area contributed by atoms with E-state index in [-0.39, 0.29) is 31.0 Å². The zero-order valence-electron chi connectivity index (χ0n) is 14.9. The van der Waals surface area contributed by atoms with Crippen LogP contribution in [0.3, 0.4) is 0 Å². The first-order valence-electron chi connectivity index (χ1n) is 8.12. The van der Waals surface area contributed by atoms with Gasteiger partial charge in [0.05, 0.1) is 29.4 Å². The quantitative estimate of drug-likeness (QED) is 0.411. The van der Waals surface area contributed by atoms with Gasteiger partial charge in [-0.15, -0.1) is 0 Å². The number of hydrogen-bond acceptors (Lipinski definition) is 8. The lowest BCUT2D eigenvalue weighted by molar-refractivity contribution is -0.385. The SMILES string of the molecule is O=[N+]([O-])c1ccc(S(=O)(=O)c2ccc(S(=O)(=O)c3ccc([N+](=O)[O-])cc3)cc2)cc1. The molecule has 3 aromatic carbocycles. The van der Waals surface area contributed by atoms with Crippen molar-refractivity contribution in [3.8, 4) is 0 Å². The average Bonchev–Trinajstić information content (AvgIpc) is 2.74. The third-order valence-electron chi connectivity index (χ3n) is 4.16. The van der Waals surface area contributed by atoms with Gasteiger partial charge in [0.25, 0.3) is 11.4 Å². The molecule has 0 spiro atoms. The fourth-order valence-electron chi connectivity index (χ4n) is 2.56. The van der Waals surface area contributed by atoms with Crippen LogP contribution in [-0.4, -0.2) is 26.7 Å². The molecule has 3 aromatic rings. The Morgan fingerprint density at radius 1 is 0.467 bits per heavy atom. The van der Waals surface area contributed by atoms with Crippen molar-refractivity contribution in [2.75, 3.05) is 0 Å². The Morgan fingerprint density at radius 3 is 0.867 bits per heavy atom. The van der Waals surface area contributed by atoms with Crippen molar-refractivity contribution in [2.24, 2.45) is 0 Å². The van der Waals surface area contributed by atoms with E-state index in [4.69, 9.17) is 0 Å². The first kappa shape index (κ1) is 21.1. The molecule has 0 saturated heterocycles. The topological polar surface area (TPSA) is 155 Å². The summed E-state index contributed by atoms with van der Waals surface area (Å²) in [5, 5.41) is 21.4. The highest BCUT2D eigenvalue weighted by atomic mass is 32.2. The highest BCUT2D eigenvalue weighted by molar-refractivity contribution is 7.92. The lowest BCUT2D eigenvalue weighted by Gasteiger charge is -2.07. The first-order valence-corrected chi connectivity index (χ1v) is 11.1. The van der Waals surface area contributed by atoms with Crippen molar-refractivity contribution < 1.29 is 26.7 Å². The van der Waals surface area contributed by atoms with Crippen LogP contribution in [-0.2, 0) is 19.7 Å². The second-order valence-electron chi connectivity index (χ2n) is 5.98. The number of nitro benzene ring substituents is 2. The summed E-state index contributed by atoms with van der Waals surface area (Å²) in [5.41, 5.74) is -0.531. The van der Waals surface area contributed by atoms with Crippen molar-refractivity contribution in [3.05, 3.63) is 93.0 Å². The van der Waals surface area contributed by atoms with Crippen LogP contribution in [0.1, 0.15) is 0 Å². The number of benzene rings is 3. The molecule has 0 bridgehead atoms. The Kier molecular flexibility index (Phi) is 5.37. The van der Waals surface area contributed by atoms with Gasteiger partial charge in [-0.25, -0.2) is 16.8 Å². The van der Waals surface area contributed by atoms with Crippen molar-refractivity contribution in [1.29, 1.82) is 0 Å². The number of nitro groups is 2. The maximum atomic E-state index is 12.7. The zero-order valence-corrected chi connectivity index (χ0v) is 16.5. The van der Waals surface area contributed by atoms with Gasteiger partial charge in [-0.3, -0.25) is 20.2 Å². The van der Waals surface area contributed by atoms with Crippen molar-refractivity contribution in [3.63, 3.8) is 0 Å². The van der Waals surface area contributed by atoms with E-state index in [1.165, 1.54) is 0 Å². The molecule has 12 heteroatoms. The summed E-state index contributed by atoms with van der Waals surface area (Å²) in [6.45, 7) is 0. The van der Waals surface area contributed by atoms with Crippen LogP contribution in [0.4, 0.5) is 11.4 Å². The Hall–Kier alpha value is -3.64. The Labute approximate surface area is 170 Å². The Morgan fingerprint density at radius 2 is 0.667 bits per heavy atom. The van der Waals surface area contributed by atoms with Crippen LogP contribution in [0.25, 0.3) is 0 Å². The molecule has 0 atom stereocenters. The van der Waals surface area contributed by atoms with E-state index < -0.39 is 29.5 Å². The summed E-state index contributed by atoms with van der Waals surface area (Å²) in [6, 6.07) is 13.0. The molecule has 3 rings (SSSR count). The summed E-state index contributed by atoms with van der Waals surface area (Å²) in [7, 11) is -8.03. The second kappa shape index (κ2) is 7.65. The Bertz CT molecular complexity index is 1220. The molecule has 0 unspecified atom stereocenters. The third-order valence-corrected chi connectivity index (χ3v) is 7.73. The van der Waals surface area contributed by atoms with Gasteiger partial charge in [0.1, 0.15) is 0 Å². The van der Waals surface area contributed by atoms with Crippen LogP contribution < -0.4 is 0 Å². The van der Waals surface area contributed by atoms with Crippen LogP contribution in [0.15, 0.2) is 92.4 Å². The molecule has 0 aliphatic rings. The van der Waals surface area contributed by atoms with Crippen molar-refractivity contribution >= 4 is 31.0 Å². The minimum Gasteiger partial charge on any atom is -0.258 e. The molecule has 0 aliphatic heterocycles. The molecule has 0 aliphatic carbocycles. The van der Waals surface area contributed by atoms with Gasteiger partial charge in [0.15, 0.2) is 0 Å². The van der Waals surface area contributed by atoms with Gasteiger partial charge < -0.3 is 0 Å². The number of nitrogens with zero attached hydrogens (tertiary/aromatic N) is 2. The van der Waals surface area contributed by atoms with Crippen LogP contribution in [0.2, 0.25) is 0 Å². The molecule has 30 heavy (non-hydrogen) atoms. The zero-order chi connectivity index (χ0) is 22.1. The van der Waals surface area contributed by atoms with Gasteiger partial charge in [-0.2, -0.15) is 0 Å². The van der Waals surface area contributed by atoms with Gasteiger partial charge in [-0.1, -0.05) is 0 Å². The average molecular weight is 448 g/mol. The fraction of sp³-hybridized carbons (Fsp3) is 0. The molecule has 10 nitrogen and oxygen atoms in total. The number of hydrogen-bond donors (Lipinski definition) is 0. The molecule has 0 N–H and O–H groups in total. The maximum absolute atomic E-state index is 12.7. The van der Waals surface area contributed by atoms with E-state index in [0.29, 0.717) is 0 Å². The summed E-state index contributed by atoms with van der Waals surface area (Å²) in [5.74, 6) is 0. The minimum absolute atomic E-state index is 0.181. The summed E-state index contributed by atoms with van der Waals surface area (Å²) < 4.78 is 50.7. The largest absolute Gasteiger partial charge is 0.269 e. The fourth-order valence-corrected chi connectivity index (χ4v) is 5.09. The van der Waals surface area contributed by atoms with E-state index in [9.17, 15) is 37.1 Å². The number of non-ortho nitro benzene ring substituents is 2. The summed E-state index contributed by atoms with van der Waals surface area (Å²) >= 11 is 0. The molecule has 0 amide bonds. The highest BCUT2D eigenvalue weighted by Crippen LogP contribution is 2.27. The van der Waals surface area contributed by atoms with Gasteiger partial charge >= 0.3 is 0 Å². The van der Waals surface area contributed by atoms with Crippen LogP contribution >= 0.6 is 0 Å². The maximum Gasteiger partial charge on any atom is 0.269 e. The molecule has 0 heterocycles. The molecular weight excluding hydrogens is 436 g/mol. The minimum atomic E-state index is -4.02. The number of rotatable bonds is 6. The second-order valence-corrected chi connectivity index (χ2v) is 9.88. The molecule has 0 radical (unpaired) electrons. The summed E-state index contributed by atoms with van der Waals surface area (Å²) in [4.78, 5) is 19.3.